The summed E-state index contributed by atoms with van der Waals surface area (Å²) in [5.74, 6) is 0.703. The number of benzene rings is 2. The van der Waals surface area contributed by atoms with Crippen molar-refractivity contribution in [1.29, 1.82) is 0 Å². The number of rotatable bonds is 4. The Balaban J connectivity index is 1.51. The Morgan fingerprint density at radius 3 is 2.68 bits per heavy atom. The molecule has 0 N–H and O–H groups in total. The van der Waals surface area contributed by atoms with Gasteiger partial charge in [-0.25, -0.2) is 13.9 Å². The summed E-state index contributed by atoms with van der Waals surface area (Å²) in [6, 6.07) is 11.0. The second-order valence-corrected chi connectivity index (χ2v) is 6.24. The molecule has 0 bridgehead atoms. The maximum Gasteiger partial charge on any atom is 0.336 e. The fraction of sp³-hybridized carbons (Fsp3) is 0.143. The van der Waals surface area contributed by atoms with Crippen molar-refractivity contribution in [2.24, 2.45) is 0 Å². The van der Waals surface area contributed by atoms with Gasteiger partial charge in [0.1, 0.15) is 11.6 Å². The van der Waals surface area contributed by atoms with E-state index in [0.717, 1.165) is 22.6 Å². The zero-order valence-electron chi connectivity index (χ0n) is 15.3. The van der Waals surface area contributed by atoms with Gasteiger partial charge in [0.2, 0.25) is 6.79 Å². The summed E-state index contributed by atoms with van der Waals surface area (Å²) in [4.78, 5) is 12.2. The molecule has 3 aromatic rings. The first-order valence-electron chi connectivity index (χ1n) is 8.63. The molecule has 1 aliphatic heterocycles. The van der Waals surface area contributed by atoms with Crippen LogP contribution in [0.2, 0.25) is 0 Å². The zero-order valence-corrected chi connectivity index (χ0v) is 15.3. The number of ether oxygens (including phenoxy) is 3. The first-order chi connectivity index (χ1) is 13.5. The minimum atomic E-state index is -0.521. The first kappa shape index (κ1) is 17.8. The van der Waals surface area contributed by atoms with E-state index in [1.54, 1.807) is 41.1 Å². The Bertz CT molecular complexity index is 1070. The number of aromatic nitrogens is 2. The van der Waals surface area contributed by atoms with Gasteiger partial charge in [-0.1, -0.05) is 0 Å². The van der Waals surface area contributed by atoms with E-state index in [1.165, 1.54) is 18.2 Å². The van der Waals surface area contributed by atoms with Gasteiger partial charge in [-0.15, -0.1) is 0 Å². The van der Waals surface area contributed by atoms with Crippen LogP contribution in [0.4, 0.5) is 4.39 Å². The first-order valence-corrected chi connectivity index (χ1v) is 8.63. The molecule has 6 nitrogen and oxygen atoms in total. The summed E-state index contributed by atoms with van der Waals surface area (Å²) in [6.45, 7) is 3.88. The smallest absolute Gasteiger partial charge is 0.336 e. The van der Waals surface area contributed by atoms with Gasteiger partial charge >= 0.3 is 5.97 Å². The lowest BCUT2D eigenvalue weighted by molar-refractivity contribution is -0.128. The van der Waals surface area contributed by atoms with Gasteiger partial charge in [-0.3, -0.25) is 0 Å². The van der Waals surface area contributed by atoms with Crippen LogP contribution in [-0.2, 0) is 4.79 Å². The number of fused-ring (bicyclic) bond motifs is 1. The van der Waals surface area contributed by atoms with E-state index in [4.69, 9.17) is 14.2 Å². The Hall–Kier alpha value is -3.61. The molecule has 28 heavy (non-hydrogen) atoms. The highest BCUT2D eigenvalue weighted by molar-refractivity contribution is 5.89. The molecule has 1 aromatic heterocycles. The van der Waals surface area contributed by atoms with Crippen molar-refractivity contribution < 1.29 is 23.4 Å². The van der Waals surface area contributed by atoms with E-state index < -0.39 is 5.97 Å². The molecule has 0 spiro atoms. The highest BCUT2D eigenvalue weighted by Crippen LogP contribution is 2.35. The highest BCUT2D eigenvalue weighted by atomic mass is 19.1. The average molecular weight is 380 g/mol. The van der Waals surface area contributed by atoms with E-state index in [2.05, 4.69) is 5.10 Å². The highest BCUT2D eigenvalue weighted by Gasteiger charge is 2.15. The van der Waals surface area contributed by atoms with Gasteiger partial charge in [-0.2, -0.15) is 5.10 Å². The van der Waals surface area contributed by atoms with Crippen LogP contribution in [0.1, 0.15) is 17.0 Å². The monoisotopic (exact) mass is 380 g/mol. The molecule has 2 heterocycles. The van der Waals surface area contributed by atoms with Crippen LogP contribution in [0, 0.1) is 19.7 Å². The van der Waals surface area contributed by atoms with Crippen LogP contribution in [0.5, 0.6) is 17.2 Å². The number of hydrogen-bond acceptors (Lipinski definition) is 5. The van der Waals surface area contributed by atoms with Crippen molar-refractivity contribution in [3.8, 4) is 22.9 Å². The molecule has 142 valence electrons. The molecule has 4 rings (SSSR count). The number of halogens is 1. The number of aryl methyl sites for hydroxylation is 1. The van der Waals surface area contributed by atoms with E-state index in [0.29, 0.717) is 17.2 Å². The van der Waals surface area contributed by atoms with Gasteiger partial charge in [0.25, 0.3) is 0 Å². The summed E-state index contributed by atoms with van der Waals surface area (Å²) in [5, 5.41) is 4.47. The van der Waals surface area contributed by atoms with Gasteiger partial charge in [0.05, 0.1) is 11.4 Å². The summed E-state index contributed by atoms with van der Waals surface area (Å²) < 4.78 is 30.7. The van der Waals surface area contributed by atoms with Crippen molar-refractivity contribution in [3.63, 3.8) is 0 Å². The molecule has 1 aliphatic rings. The van der Waals surface area contributed by atoms with Crippen LogP contribution < -0.4 is 14.2 Å². The largest absolute Gasteiger partial charge is 0.454 e. The van der Waals surface area contributed by atoms with E-state index in [1.807, 2.05) is 13.8 Å². The molecule has 0 radical (unpaired) electrons. The molecular weight excluding hydrogens is 363 g/mol. The van der Waals surface area contributed by atoms with Crippen LogP contribution in [0.3, 0.4) is 0 Å². The molecule has 0 unspecified atom stereocenters. The second-order valence-electron chi connectivity index (χ2n) is 6.24. The Kier molecular flexibility index (Phi) is 4.57. The van der Waals surface area contributed by atoms with Crippen molar-refractivity contribution in [1.82, 2.24) is 9.78 Å². The van der Waals surface area contributed by atoms with Gasteiger partial charge in [0.15, 0.2) is 11.5 Å². The van der Waals surface area contributed by atoms with Gasteiger partial charge < -0.3 is 14.2 Å². The standard InChI is InChI=1S/C21H17FN2O4/c1-13-18(14(2)24(23-13)16-5-3-15(22)4-6-16)8-10-21(25)28-17-7-9-19-20(11-17)27-12-26-19/h3-11H,12H2,1-2H3. The third-order valence-corrected chi connectivity index (χ3v) is 4.37. The molecule has 0 saturated heterocycles. The molecule has 7 heteroatoms. The average Bonchev–Trinajstić information content (AvgIpc) is 3.25. The van der Waals surface area contributed by atoms with E-state index >= 15 is 0 Å². The molecule has 0 saturated carbocycles. The van der Waals surface area contributed by atoms with Crippen molar-refractivity contribution in [3.05, 3.63) is 71.3 Å². The summed E-state index contributed by atoms with van der Waals surface area (Å²) in [5.41, 5.74) is 3.11. The molecular formula is C21H17FN2O4. The predicted octanol–water partition coefficient (Wildman–Crippen LogP) is 3.98. The van der Waals surface area contributed by atoms with Crippen LogP contribution in [0.15, 0.2) is 48.5 Å². The van der Waals surface area contributed by atoms with E-state index in [-0.39, 0.29) is 12.6 Å². The maximum atomic E-state index is 13.1. The lowest BCUT2D eigenvalue weighted by Gasteiger charge is -2.04. The van der Waals surface area contributed by atoms with Gasteiger partial charge in [-0.05, 0) is 56.3 Å². The summed E-state index contributed by atoms with van der Waals surface area (Å²) >= 11 is 0. The molecule has 0 fully saturated rings. The number of carbonyl (C=O) groups excluding carboxylic acids is 1. The van der Waals surface area contributed by atoms with Crippen molar-refractivity contribution >= 4 is 12.0 Å². The predicted molar refractivity (Wildman–Crippen MR) is 100 cm³/mol. The lowest BCUT2D eigenvalue weighted by Crippen LogP contribution is -2.03. The Morgan fingerprint density at radius 2 is 1.89 bits per heavy atom. The van der Waals surface area contributed by atoms with Crippen molar-refractivity contribution in [2.75, 3.05) is 6.79 Å². The minimum Gasteiger partial charge on any atom is -0.454 e. The van der Waals surface area contributed by atoms with Crippen LogP contribution in [0.25, 0.3) is 11.8 Å². The lowest BCUT2D eigenvalue weighted by atomic mass is 10.2. The third kappa shape index (κ3) is 3.46. The van der Waals surface area contributed by atoms with E-state index in [9.17, 15) is 9.18 Å². The second kappa shape index (κ2) is 7.19. The minimum absolute atomic E-state index is 0.156. The Labute approximate surface area is 160 Å². The van der Waals surface area contributed by atoms with Crippen LogP contribution >= 0.6 is 0 Å². The number of nitrogens with zero attached hydrogens (tertiary/aromatic N) is 2. The van der Waals surface area contributed by atoms with Crippen molar-refractivity contribution in [2.45, 2.75) is 13.8 Å². The molecule has 0 aliphatic carbocycles. The normalized spacial score (nSPS) is 12.5. The topological polar surface area (TPSA) is 62.6 Å². The zero-order chi connectivity index (χ0) is 19.7. The molecule has 2 aromatic carbocycles. The summed E-state index contributed by atoms with van der Waals surface area (Å²) in [6.07, 6.45) is 3.00. The quantitative estimate of drug-likeness (QED) is 0.389. The fourth-order valence-electron chi connectivity index (χ4n) is 2.97. The van der Waals surface area contributed by atoms with Gasteiger partial charge in [0, 0.05) is 23.4 Å². The number of esters is 1. The number of hydrogen-bond donors (Lipinski definition) is 0. The molecule has 0 atom stereocenters. The third-order valence-electron chi connectivity index (χ3n) is 4.37. The Morgan fingerprint density at radius 1 is 1.14 bits per heavy atom. The molecule has 0 amide bonds. The van der Waals surface area contributed by atoms with Crippen LogP contribution in [-0.4, -0.2) is 22.5 Å². The SMILES string of the molecule is Cc1nn(-c2ccc(F)cc2)c(C)c1C=CC(=O)Oc1ccc2c(c1)OCO2. The summed E-state index contributed by atoms with van der Waals surface area (Å²) in [7, 11) is 0. The maximum absolute atomic E-state index is 13.1. The number of carbonyl (C=O) groups is 1. The fourth-order valence-corrected chi connectivity index (χ4v) is 2.97.